The van der Waals surface area contributed by atoms with Gasteiger partial charge in [0.25, 0.3) is 5.89 Å². The minimum Gasteiger partial charge on any atom is -0.417 e. The molecule has 10 nitrogen and oxygen atoms in total. The van der Waals surface area contributed by atoms with Crippen molar-refractivity contribution in [3.8, 4) is 11.5 Å². The summed E-state index contributed by atoms with van der Waals surface area (Å²) in [5, 5.41) is 15.8. The fourth-order valence-electron chi connectivity index (χ4n) is 2.47. The topological polar surface area (TPSA) is 116 Å². The van der Waals surface area contributed by atoms with Gasteiger partial charge in [-0.15, -0.1) is 15.3 Å². The number of rotatable bonds is 6. The molecule has 28 heavy (non-hydrogen) atoms. The van der Waals surface area contributed by atoms with Crippen LogP contribution in [0.2, 0.25) is 0 Å². The molecule has 0 atom stereocenters. The molecule has 0 radical (unpaired) electrons. The molecular formula is C17H16N6O4S. The van der Waals surface area contributed by atoms with E-state index < -0.39 is 10.0 Å². The highest BCUT2D eigenvalue weighted by atomic mass is 32.2. The van der Waals surface area contributed by atoms with Gasteiger partial charge in [-0.25, -0.2) is 12.7 Å². The Hall–Kier alpha value is -3.31. The molecule has 0 amide bonds. The van der Waals surface area contributed by atoms with Crippen LogP contribution in [0.5, 0.6) is 0 Å². The highest BCUT2D eigenvalue weighted by Gasteiger charge is 2.19. The lowest BCUT2D eigenvalue weighted by Crippen LogP contribution is -2.22. The van der Waals surface area contributed by atoms with Crippen LogP contribution in [0, 0.1) is 0 Å². The normalized spacial score (nSPS) is 12.0. The van der Waals surface area contributed by atoms with Gasteiger partial charge in [-0.1, -0.05) is 23.0 Å². The summed E-state index contributed by atoms with van der Waals surface area (Å²) >= 11 is 0. The maximum absolute atomic E-state index is 12.3. The second-order valence-corrected chi connectivity index (χ2v) is 8.19. The van der Waals surface area contributed by atoms with Crippen LogP contribution in [0.4, 0.5) is 0 Å². The van der Waals surface area contributed by atoms with Crippen LogP contribution in [0.25, 0.3) is 22.5 Å². The van der Waals surface area contributed by atoms with Gasteiger partial charge in [-0.2, -0.15) is 0 Å². The largest absolute Gasteiger partial charge is 0.417 e. The van der Waals surface area contributed by atoms with Gasteiger partial charge in [0.1, 0.15) is 11.0 Å². The van der Waals surface area contributed by atoms with Crippen molar-refractivity contribution in [2.75, 3.05) is 14.1 Å². The quantitative estimate of drug-likeness (QED) is 0.476. The molecule has 0 aliphatic heterocycles. The Morgan fingerprint density at radius 1 is 1.07 bits per heavy atom. The zero-order chi connectivity index (χ0) is 19.7. The van der Waals surface area contributed by atoms with Crippen molar-refractivity contribution in [3.05, 3.63) is 54.4 Å². The number of benzene rings is 2. The molecule has 11 heteroatoms. The van der Waals surface area contributed by atoms with Gasteiger partial charge in [0, 0.05) is 19.7 Å². The fraction of sp³-hybridized carbons (Fsp3) is 0.176. The van der Waals surface area contributed by atoms with Gasteiger partial charge in [-0.3, -0.25) is 0 Å². The first kappa shape index (κ1) is 18.1. The number of fused-ring (bicyclic) bond motifs is 1. The third-order valence-electron chi connectivity index (χ3n) is 3.96. The van der Waals surface area contributed by atoms with E-state index in [0.29, 0.717) is 16.9 Å². The van der Waals surface area contributed by atoms with Gasteiger partial charge in [0.15, 0.2) is 6.61 Å². The average molecular weight is 400 g/mol. The number of sulfonamides is 1. The lowest BCUT2D eigenvalue weighted by molar-refractivity contribution is 0.0617. The van der Waals surface area contributed by atoms with E-state index in [1.807, 2.05) is 30.3 Å². The monoisotopic (exact) mass is 400 g/mol. The van der Waals surface area contributed by atoms with Gasteiger partial charge >= 0.3 is 0 Å². The van der Waals surface area contributed by atoms with Crippen LogP contribution in [-0.4, -0.2) is 52.2 Å². The molecule has 2 heterocycles. The summed E-state index contributed by atoms with van der Waals surface area (Å²) < 4.78 is 31.4. The van der Waals surface area contributed by atoms with Gasteiger partial charge < -0.3 is 9.25 Å². The number of hydrogen-bond donors (Lipinski definition) is 0. The summed E-state index contributed by atoms with van der Waals surface area (Å²) in [5.41, 5.74) is 1.70. The van der Waals surface area contributed by atoms with E-state index in [1.54, 1.807) is 6.07 Å². The first-order valence-corrected chi connectivity index (χ1v) is 9.68. The van der Waals surface area contributed by atoms with Crippen molar-refractivity contribution >= 4 is 21.1 Å². The second kappa shape index (κ2) is 7.02. The van der Waals surface area contributed by atoms with Crippen molar-refractivity contribution in [2.24, 2.45) is 0 Å². The molecule has 2 aromatic carbocycles. The van der Waals surface area contributed by atoms with E-state index in [0.717, 1.165) is 14.7 Å². The maximum atomic E-state index is 12.3. The minimum atomic E-state index is -3.59. The molecule has 0 aliphatic rings. The lowest BCUT2D eigenvalue weighted by atomic mass is 10.2. The van der Waals surface area contributed by atoms with Crippen LogP contribution in [0.15, 0.2) is 57.8 Å². The smallest absolute Gasteiger partial charge is 0.257 e. The molecule has 4 aromatic rings. The van der Waals surface area contributed by atoms with Crippen LogP contribution < -0.4 is 4.84 Å². The summed E-state index contributed by atoms with van der Waals surface area (Å²) in [6.07, 6.45) is 0. The fourth-order valence-corrected chi connectivity index (χ4v) is 3.39. The molecule has 0 fully saturated rings. The van der Waals surface area contributed by atoms with E-state index in [1.165, 1.54) is 26.2 Å². The minimum absolute atomic E-state index is 0.0526. The van der Waals surface area contributed by atoms with Crippen LogP contribution in [-0.2, 0) is 16.6 Å². The van der Waals surface area contributed by atoms with E-state index in [-0.39, 0.29) is 17.4 Å². The van der Waals surface area contributed by atoms with Crippen molar-refractivity contribution in [1.82, 2.24) is 29.7 Å². The molecule has 144 valence electrons. The van der Waals surface area contributed by atoms with Gasteiger partial charge in [0.05, 0.1) is 4.90 Å². The summed E-state index contributed by atoms with van der Waals surface area (Å²) in [4.78, 5) is 6.81. The number of nitrogens with zero attached hydrogens (tertiary/aromatic N) is 6. The Morgan fingerprint density at radius 3 is 2.61 bits per heavy atom. The summed E-state index contributed by atoms with van der Waals surface area (Å²) in [6.45, 7) is -0.0526. The Kier molecular flexibility index (Phi) is 4.53. The summed E-state index contributed by atoms with van der Waals surface area (Å²) in [6, 6.07) is 13.8. The maximum Gasteiger partial charge on any atom is 0.257 e. The van der Waals surface area contributed by atoms with Crippen molar-refractivity contribution in [3.63, 3.8) is 0 Å². The summed E-state index contributed by atoms with van der Waals surface area (Å²) in [5.74, 6) is 0.626. The highest BCUT2D eigenvalue weighted by Crippen LogP contribution is 2.20. The molecule has 4 rings (SSSR count). The Morgan fingerprint density at radius 2 is 1.86 bits per heavy atom. The van der Waals surface area contributed by atoms with Crippen molar-refractivity contribution in [1.29, 1.82) is 0 Å². The Bertz CT molecular complexity index is 1220. The SMILES string of the molecule is CN(C)S(=O)(=O)c1ccc2nnn(OCc3nnc(-c4ccccc4)o3)c2c1. The van der Waals surface area contributed by atoms with Gasteiger partial charge in [-0.05, 0) is 35.5 Å². The third-order valence-corrected chi connectivity index (χ3v) is 5.77. The molecule has 0 bridgehead atoms. The zero-order valence-electron chi connectivity index (χ0n) is 15.1. The van der Waals surface area contributed by atoms with E-state index >= 15 is 0 Å². The molecule has 2 aromatic heterocycles. The van der Waals surface area contributed by atoms with E-state index in [9.17, 15) is 8.42 Å². The molecule has 0 aliphatic carbocycles. The van der Waals surface area contributed by atoms with E-state index in [4.69, 9.17) is 9.25 Å². The number of hydrogen-bond acceptors (Lipinski definition) is 8. The molecule has 0 N–H and O–H groups in total. The second-order valence-electron chi connectivity index (χ2n) is 6.04. The van der Waals surface area contributed by atoms with Crippen molar-refractivity contribution < 1.29 is 17.7 Å². The van der Waals surface area contributed by atoms with Crippen LogP contribution >= 0.6 is 0 Å². The van der Waals surface area contributed by atoms with Gasteiger partial charge in [0.2, 0.25) is 15.9 Å². The van der Waals surface area contributed by atoms with Crippen LogP contribution in [0.3, 0.4) is 0 Å². The Balaban J connectivity index is 1.56. The lowest BCUT2D eigenvalue weighted by Gasteiger charge is -2.11. The molecule has 0 unspecified atom stereocenters. The first-order valence-electron chi connectivity index (χ1n) is 8.24. The molecule has 0 spiro atoms. The molecule has 0 saturated heterocycles. The van der Waals surface area contributed by atoms with Crippen molar-refractivity contribution in [2.45, 2.75) is 11.5 Å². The zero-order valence-corrected chi connectivity index (χ0v) is 15.9. The predicted octanol–water partition coefficient (Wildman–Crippen LogP) is 1.36. The molecule has 0 saturated carbocycles. The summed E-state index contributed by atoms with van der Waals surface area (Å²) in [7, 11) is -0.662. The number of aromatic nitrogens is 5. The molecular weight excluding hydrogens is 384 g/mol. The predicted molar refractivity (Wildman–Crippen MR) is 98.4 cm³/mol. The first-order chi connectivity index (χ1) is 13.4. The standard InChI is InChI=1S/C17H16N6O4S/c1-22(2)28(24,25)13-8-9-14-15(10-13)23(21-18-14)26-11-16-19-20-17(27-16)12-6-4-3-5-7-12/h3-10H,11H2,1-2H3. The average Bonchev–Trinajstić information content (AvgIpc) is 3.33. The highest BCUT2D eigenvalue weighted by molar-refractivity contribution is 7.89. The van der Waals surface area contributed by atoms with E-state index in [2.05, 4.69) is 20.5 Å². The van der Waals surface area contributed by atoms with Crippen LogP contribution in [0.1, 0.15) is 5.89 Å². The third kappa shape index (κ3) is 3.32. The Labute approximate surface area is 160 Å².